The summed E-state index contributed by atoms with van der Waals surface area (Å²) in [6.45, 7) is 0.0139. The van der Waals surface area contributed by atoms with Gasteiger partial charge in [0, 0.05) is 39.4 Å². The van der Waals surface area contributed by atoms with Crippen molar-refractivity contribution in [1.82, 2.24) is 9.55 Å². The van der Waals surface area contributed by atoms with Gasteiger partial charge in [-0.15, -0.1) is 0 Å². The van der Waals surface area contributed by atoms with Crippen molar-refractivity contribution in [3.05, 3.63) is 22.2 Å². The van der Waals surface area contributed by atoms with Crippen LogP contribution in [0.15, 0.2) is 11.0 Å². The molecule has 1 aliphatic rings. The van der Waals surface area contributed by atoms with Crippen LogP contribution in [0.4, 0.5) is 5.82 Å². The van der Waals surface area contributed by atoms with Crippen LogP contribution in [0.3, 0.4) is 0 Å². The second-order valence-electron chi connectivity index (χ2n) is 5.22. The number of hydrogen-bond donors (Lipinski definition) is 2. The smallest absolute Gasteiger partial charge is 0.351 e. The second-order valence-corrected chi connectivity index (χ2v) is 5.22. The number of aromatic nitrogens is 2. The van der Waals surface area contributed by atoms with Gasteiger partial charge in [0.25, 0.3) is 0 Å². The summed E-state index contributed by atoms with van der Waals surface area (Å²) < 4.78 is 12.0. The van der Waals surface area contributed by atoms with Crippen molar-refractivity contribution in [2.75, 3.05) is 32.7 Å². The van der Waals surface area contributed by atoms with Crippen LogP contribution in [0.25, 0.3) is 0 Å². The Labute approximate surface area is 122 Å². The molecular formula is C13H21N3O5. The van der Waals surface area contributed by atoms with Crippen molar-refractivity contribution in [2.24, 2.45) is 0 Å². The van der Waals surface area contributed by atoms with E-state index < -0.39 is 24.1 Å². The van der Waals surface area contributed by atoms with Crippen LogP contribution in [0.2, 0.25) is 0 Å². The van der Waals surface area contributed by atoms with E-state index in [1.807, 2.05) is 0 Å². The summed E-state index contributed by atoms with van der Waals surface area (Å²) in [5.41, 5.74) is 0.280. The quantitative estimate of drug-likeness (QED) is 0.727. The maximum absolute atomic E-state index is 12.1. The first-order chi connectivity index (χ1) is 9.97. The minimum atomic E-state index is -0.800. The predicted molar refractivity (Wildman–Crippen MR) is 75.2 cm³/mol. The normalized spacial score (nSPS) is 25.3. The summed E-state index contributed by atoms with van der Waals surface area (Å²) in [5.74, 6) is 0.537. The zero-order chi connectivity index (χ0) is 15.6. The molecule has 0 bridgehead atoms. The van der Waals surface area contributed by atoms with E-state index in [4.69, 9.17) is 14.6 Å². The van der Waals surface area contributed by atoms with Gasteiger partial charge in [-0.25, -0.2) is 4.79 Å². The summed E-state index contributed by atoms with van der Waals surface area (Å²) in [6.07, 6.45) is -0.247. The fourth-order valence-electron chi connectivity index (χ4n) is 2.40. The van der Waals surface area contributed by atoms with Gasteiger partial charge in [0.15, 0.2) is 0 Å². The molecule has 1 aromatic rings. The number of anilines is 1. The van der Waals surface area contributed by atoms with Crippen molar-refractivity contribution in [2.45, 2.75) is 31.5 Å². The Bertz CT molecular complexity index is 545. The maximum Gasteiger partial charge on any atom is 0.351 e. The number of nitrogens with zero attached hydrogens (tertiary/aromatic N) is 3. The van der Waals surface area contributed by atoms with Crippen LogP contribution in [-0.2, 0) is 16.1 Å². The maximum atomic E-state index is 12.1. The lowest BCUT2D eigenvalue weighted by Gasteiger charge is -2.20. The Morgan fingerprint density at radius 1 is 1.57 bits per heavy atom. The molecule has 0 aromatic carbocycles. The second kappa shape index (κ2) is 6.52. The third-order valence-corrected chi connectivity index (χ3v) is 3.42. The van der Waals surface area contributed by atoms with E-state index in [0.29, 0.717) is 12.4 Å². The van der Waals surface area contributed by atoms with Gasteiger partial charge in [-0.05, 0) is 0 Å². The van der Waals surface area contributed by atoms with E-state index in [1.165, 1.54) is 4.57 Å². The molecule has 8 heteroatoms. The zero-order valence-electron chi connectivity index (χ0n) is 12.4. The molecule has 0 radical (unpaired) electrons. The first kappa shape index (κ1) is 15.9. The van der Waals surface area contributed by atoms with Crippen LogP contribution in [-0.4, -0.2) is 59.8 Å². The number of ether oxygens (including phenoxy) is 2. The number of aliphatic hydroxyl groups excluding tert-OH is 2. The SMILES string of the molecule is COCc1cn([C@H]2CC(O)[C@@H](CO)O2)c(=O)nc1N(C)C. The lowest BCUT2D eigenvalue weighted by atomic mass is 10.2. The number of rotatable bonds is 5. The first-order valence-electron chi connectivity index (χ1n) is 6.70. The Kier molecular flexibility index (Phi) is 4.94. The molecule has 1 saturated heterocycles. The Morgan fingerprint density at radius 3 is 2.81 bits per heavy atom. The van der Waals surface area contributed by atoms with E-state index >= 15 is 0 Å². The van der Waals surface area contributed by atoms with Crippen molar-refractivity contribution in [3.63, 3.8) is 0 Å². The van der Waals surface area contributed by atoms with Gasteiger partial charge < -0.3 is 24.6 Å². The molecule has 0 spiro atoms. The zero-order valence-corrected chi connectivity index (χ0v) is 12.4. The van der Waals surface area contributed by atoms with Gasteiger partial charge in [-0.3, -0.25) is 4.57 Å². The fourth-order valence-corrected chi connectivity index (χ4v) is 2.40. The third-order valence-electron chi connectivity index (χ3n) is 3.42. The Balaban J connectivity index is 2.36. The van der Waals surface area contributed by atoms with Crippen molar-refractivity contribution in [3.8, 4) is 0 Å². The van der Waals surface area contributed by atoms with Crippen LogP contribution < -0.4 is 10.6 Å². The van der Waals surface area contributed by atoms with Crippen LogP contribution in [0.5, 0.6) is 0 Å². The molecule has 2 heterocycles. The molecule has 3 atom stereocenters. The summed E-state index contributed by atoms with van der Waals surface area (Å²) in [7, 11) is 5.15. The van der Waals surface area contributed by atoms with Gasteiger partial charge in [-0.1, -0.05) is 0 Å². The van der Waals surface area contributed by atoms with Gasteiger partial charge in [0.1, 0.15) is 18.1 Å². The molecule has 0 saturated carbocycles. The molecule has 118 valence electrons. The molecule has 0 aliphatic carbocycles. The first-order valence-corrected chi connectivity index (χ1v) is 6.70. The molecule has 21 heavy (non-hydrogen) atoms. The predicted octanol–water partition coefficient (Wildman–Crippen LogP) is -0.904. The highest BCUT2D eigenvalue weighted by molar-refractivity contribution is 5.43. The fraction of sp³-hybridized carbons (Fsp3) is 0.692. The molecule has 2 rings (SSSR count). The molecule has 1 aliphatic heterocycles. The molecule has 1 fully saturated rings. The van der Waals surface area contributed by atoms with E-state index in [0.717, 1.165) is 5.56 Å². The topological polar surface area (TPSA) is 97.1 Å². The highest BCUT2D eigenvalue weighted by Crippen LogP contribution is 2.28. The molecule has 1 unspecified atom stereocenters. The van der Waals surface area contributed by atoms with Gasteiger partial charge in [-0.2, -0.15) is 4.98 Å². The van der Waals surface area contributed by atoms with Crippen LogP contribution >= 0.6 is 0 Å². The van der Waals surface area contributed by atoms with E-state index in [2.05, 4.69) is 4.98 Å². The third kappa shape index (κ3) is 3.24. The largest absolute Gasteiger partial charge is 0.394 e. The number of hydrogen-bond acceptors (Lipinski definition) is 7. The average Bonchev–Trinajstić information content (AvgIpc) is 2.81. The van der Waals surface area contributed by atoms with E-state index in [-0.39, 0.29) is 13.0 Å². The highest BCUT2D eigenvalue weighted by Gasteiger charge is 2.35. The summed E-state index contributed by atoms with van der Waals surface area (Å²) in [6, 6.07) is 0. The number of methoxy groups -OCH3 is 1. The molecular weight excluding hydrogens is 278 g/mol. The lowest BCUT2D eigenvalue weighted by molar-refractivity contribution is -0.0460. The van der Waals surface area contributed by atoms with Gasteiger partial charge >= 0.3 is 5.69 Å². The van der Waals surface area contributed by atoms with Crippen LogP contribution in [0, 0.1) is 0 Å². The minimum absolute atomic E-state index is 0.237. The van der Waals surface area contributed by atoms with Gasteiger partial charge in [0.05, 0.1) is 19.3 Å². The molecule has 2 N–H and O–H groups in total. The van der Waals surface area contributed by atoms with E-state index in [9.17, 15) is 9.90 Å². The van der Waals surface area contributed by atoms with Gasteiger partial charge in [0.2, 0.25) is 0 Å². The monoisotopic (exact) mass is 299 g/mol. The van der Waals surface area contributed by atoms with Crippen molar-refractivity contribution in [1.29, 1.82) is 0 Å². The molecule has 8 nitrogen and oxygen atoms in total. The molecule has 1 aromatic heterocycles. The average molecular weight is 299 g/mol. The Hall–Kier alpha value is -1.48. The standard InChI is InChI=1S/C13H21N3O5/c1-15(2)12-8(7-20-3)5-16(13(19)14-12)11-4-9(18)10(6-17)21-11/h5,9-11,17-18H,4,6-7H2,1-3H3/t9?,10-,11-/m1/s1. The highest BCUT2D eigenvalue weighted by atomic mass is 16.5. The van der Waals surface area contributed by atoms with Crippen LogP contribution in [0.1, 0.15) is 18.2 Å². The van der Waals surface area contributed by atoms with E-state index in [1.54, 1.807) is 32.3 Å². The van der Waals surface area contributed by atoms with Crippen molar-refractivity contribution < 1.29 is 19.7 Å². The molecule has 0 amide bonds. The number of aliphatic hydroxyl groups is 2. The summed E-state index contributed by atoms with van der Waals surface area (Å²) >= 11 is 0. The lowest BCUT2D eigenvalue weighted by Crippen LogP contribution is -2.30. The summed E-state index contributed by atoms with van der Waals surface area (Å²) in [5, 5.41) is 18.9. The Morgan fingerprint density at radius 2 is 2.29 bits per heavy atom. The minimum Gasteiger partial charge on any atom is -0.394 e. The summed E-state index contributed by atoms with van der Waals surface area (Å²) in [4.78, 5) is 17.9. The van der Waals surface area contributed by atoms with Crippen molar-refractivity contribution >= 4 is 5.82 Å².